The first-order chi connectivity index (χ1) is 16.3. The van der Waals surface area contributed by atoms with Crippen LogP contribution in [0.2, 0.25) is 0 Å². The normalized spacial score (nSPS) is 16.4. The Labute approximate surface area is 199 Å². The molecule has 0 radical (unpaired) electrons. The van der Waals surface area contributed by atoms with Gasteiger partial charge in [-0.15, -0.1) is 0 Å². The Hall–Kier alpha value is -3.66. The van der Waals surface area contributed by atoms with E-state index >= 15 is 0 Å². The van der Waals surface area contributed by atoms with Gasteiger partial charge in [-0.25, -0.2) is 14.6 Å². The fourth-order valence-corrected chi connectivity index (χ4v) is 3.41. The third-order valence-corrected chi connectivity index (χ3v) is 5.14. The average Bonchev–Trinajstić information content (AvgIpc) is 2.79. The Balaban J connectivity index is 1.58. The molecule has 5 N–H and O–H groups in total. The molecule has 1 aliphatic rings. The van der Waals surface area contributed by atoms with Gasteiger partial charge in [0.1, 0.15) is 6.10 Å². The maximum absolute atomic E-state index is 12.3. The lowest BCUT2D eigenvalue weighted by Gasteiger charge is -2.28. The minimum atomic E-state index is -1.15. The fourth-order valence-electron chi connectivity index (χ4n) is 3.41. The molecule has 10 heteroatoms. The van der Waals surface area contributed by atoms with Gasteiger partial charge in [0.25, 0.3) is 0 Å². The SMILES string of the molecule is Cc1ccc(CNC(NC(=O)NC(C)C)NC2=CCC(Oc3cncc(C(=O)O)n3)CC2)cc1. The number of nitrogens with one attached hydrogen (secondary N) is 4. The molecule has 0 aliphatic heterocycles. The molecule has 3 rings (SSSR count). The zero-order valence-corrected chi connectivity index (χ0v) is 19.7. The molecular weight excluding hydrogens is 436 g/mol. The van der Waals surface area contributed by atoms with Crippen molar-refractivity contribution < 1.29 is 19.4 Å². The second kappa shape index (κ2) is 12.0. The number of rotatable bonds is 10. The van der Waals surface area contributed by atoms with Crippen LogP contribution >= 0.6 is 0 Å². The van der Waals surface area contributed by atoms with Crippen LogP contribution in [-0.4, -0.2) is 45.5 Å². The number of carbonyl (C=O) groups excluding carboxylic acids is 1. The number of urea groups is 1. The summed E-state index contributed by atoms with van der Waals surface area (Å²) in [6.07, 6.45) is 6.03. The molecule has 0 spiro atoms. The van der Waals surface area contributed by atoms with Crippen molar-refractivity contribution >= 4 is 12.0 Å². The summed E-state index contributed by atoms with van der Waals surface area (Å²) in [7, 11) is 0. The molecule has 2 atom stereocenters. The number of aryl methyl sites for hydroxylation is 1. The Morgan fingerprint density at radius 1 is 1.18 bits per heavy atom. The van der Waals surface area contributed by atoms with Gasteiger partial charge in [-0.05, 0) is 39.2 Å². The molecule has 1 aromatic heterocycles. The highest BCUT2D eigenvalue weighted by Gasteiger charge is 2.20. The Kier molecular flexibility index (Phi) is 8.80. The van der Waals surface area contributed by atoms with Gasteiger partial charge in [0, 0.05) is 24.7 Å². The standard InChI is InChI=1S/C24H32N6O4/c1-15(2)27-24(33)30-23(26-12-17-6-4-16(3)5-7-17)28-18-8-10-19(11-9-18)34-21-14-25-13-20(29-21)22(31)32/h4-8,13-15,19,23,26,28H,9-12H2,1-3H3,(H,31,32)(H2,27,30,33). The smallest absolute Gasteiger partial charge is 0.356 e. The predicted octanol–water partition coefficient (Wildman–Crippen LogP) is 2.67. The van der Waals surface area contributed by atoms with Crippen molar-refractivity contribution in [3.63, 3.8) is 0 Å². The van der Waals surface area contributed by atoms with Crippen LogP contribution in [0.3, 0.4) is 0 Å². The predicted molar refractivity (Wildman–Crippen MR) is 127 cm³/mol. The summed E-state index contributed by atoms with van der Waals surface area (Å²) in [6, 6.07) is 7.97. The highest BCUT2D eigenvalue weighted by molar-refractivity contribution is 5.84. The van der Waals surface area contributed by atoms with E-state index in [4.69, 9.17) is 9.84 Å². The van der Waals surface area contributed by atoms with Crippen molar-refractivity contribution in [2.24, 2.45) is 0 Å². The number of amides is 2. The molecule has 0 saturated carbocycles. The molecule has 0 saturated heterocycles. The van der Waals surface area contributed by atoms with Crippen LogP contribution in [0, 0.1) is 6.92 Å². The van der Waals surface area contributed by atoms with E-state index in [1.54, 1.807) is 0 Å². The van der Waals surface area contributed by atoms with E-state index in [0.29, 0.717) is 25.8 Å². The summed E-state index contributed by atoms with van der Waals surface area (Å²) in [4.78, 5) is 31.2. The number of benzene rings is 1. The Morgan fingerprint density at radius 2 is 1.94 bits per heavy atom. The van der Waals surface area contributed by atoms with E-state index in [0.717, 1.165) is 11.3 Å². The average molecular weight is 469 g/mol. The van der Waals surface area contributed by atoms with Crippen LogP contribution in [0.5, 0.6) is 5.88 Å². The van der Waals surface area contributed by atoms with Crippen LogP contribution < -0.4 is 26.0 Å². The fraction of sp³-hybridized carbons (Fsp3) is 0.417. The lowest BCUT2D eigenvalue weighted by Crippen LogP contribution is -2.57. The van der Waals surface area contributed by atoms with Crippen molar-refractivity contribution in [2.45, 2.75) is 65.0 Å². The lowest BCUT2D eigenvalue weighted by molar-refractivity contribution is 0.0687. The number of ether oxygens (including phenoxy) is 1. The van der Waals surface area contributed by atoms with Gasteiger partial charge in [-0.1, -0.05) is 35.9 Å². The minimum Gasteiger partial charge on any atom is -0.476 e. The molecule has 1 aliphatic carbocycles. The number of aromatic carboxylic acids is 1. The molecule has 0 fully saturated rings. The summed E-state index contributed by atoms with van der Waals surface area (Å²) in [6.45, 7) is 6.43. The molecular formula is C24H32N6O4. The Bertz CT molecular complexity index is 1010. The van der Waals surface area contributed by atoms with Gasteiger partial charge in [0.05, 0.1) is 12.4 Å². The zero-order valence-electron chi connectivity index (χ0n) is 19.7. The number of hydrogen-bond donors (Lipinski definition) is 5. The van der Waals surface area contributed by atoms with Gasteiger partial charge in [0.15, 0.2) is 12.0 Å². The summed E-state index contributed by atoms with van der Waals surface area (Å²) in [5.41, 5.74) is 3.13. The van der Waals surface area contributed by atoms with Gasteiger partial charge in [-0.2, -0.15) is 0 Å². The molecule has 0 bridgehead atoms. The number of hydrogen-bond acceptors (Lipinski definition) is 7. The number of carboxylic acids is 1. The van der Waals surface area contributed by atoms with Crippen LogP contribution in [0.4, 0.5) is 4.79 Å². The molecule has 2 amide bonds. The highest BCUT2D eigenvalue weighted by atomic mass is 16.5. The van der Waals surface area contributed by atoms with Crippen LogP contribution in [0.15, 0.2) is 48.4 Å². The van der Waals surface area contributed by atoms with Gasteiger partial charge >= 0.3 is 12.0 Å². The topological polar surface area (TPSA) is 138 Å². The first-order valence-electron chi connectivity index (χ1n) is 11.3. The molecule has 2 aromatic rings. The van der Waals surface area contributed by atoms with Crippen molar-refractivity contribution in [1.29, 1.82) is 0 Å². The largest absolute Gasteiger partial charge is 0.476 e. The van der Waals surface area contributed by atoms with Crippen molar-refractivity contribution in [3.05, 3.63) is 65.3 Å². The number of aromatic nitrogens is 2. The first kappa shape index (κ1) is 25.0. The minimum absolute atomic E-state index is 0.0206. The highest BCUT2D eigenvalue weighted by Crippen LogP contribution is 2.21. The first-order valence-corrected chi connectivity index (χ1v) is 11.3. The molecule has 1 heterocycles. The number of nitrogens with zero attached hydrogens (tertiary/aromatic N) is 2. The second-order valence-corrected chi connectivity index (χ2v) is 8.51. The van der Waals surface area contributed by atoms with Crippen molar-refractivity contribution in [2.75, 3.05) is 0 Å². The van der Waals surface area contributed by atoms with Crippen LogP contribution in [0.25, 0.3) is 0 Å². The van der Waals surface area contributed by atoms with Crippen molar-refractivity contribution in [3.8, 4) is 5.88 Å². The van der Waals surface area contributed by atoms with Gasteiger partial charge in [-0.3, -0.25) is 10.3 Å². The van der Waals surface area contributed by atoms with Crippen molar-refractivity contribution in [1.82, 2.24) is 31.2 Å². The quantitative estimate of drug-likeness (QED) is 0.336. The van der Waals surface area contributed by atoms with E-state index in [9.17, 15) is 9.59 Å². The zero-order chi connectivity index (χ0) is 24.5. The summed E-state index contributed by atoms with van der Waals surface area (Å²) >= 11 is 0. The summed E-state index contributed by atoms with van der Waals surface area (Å²) in [5.74, 6) is -0.953. The molecule has 1 aromatic carbocycles. The summed E-state index contributed by atoms with van der Waals surface area (Å²) < 4.78 is 5.82. The molecule has 2 unspecified atom stereocenters. The van der Waals surface area contributed by atoms with Crippen LogP contribution in [0.1, 0.15) is 54.7 Å². The van der Waals surface area contributed by atoms with E-state index in [-0.39, 0.29) is 29.8 Å². The van der Waals surface area contributed by atoms with Gasteiger partial charge < -0.3 is 25.8 Å². The third kappa shape index (κ3) is 8.04. The number of carboxylic acid groups (broad SMARTS) is 1. The lowest BCUT2D eigenvalue weighted by atomic mass is 10.0. The monoisotopic (exact) mass is 468 g/mol. The maximum atomic E-state index is 12.3. The summed E-state index contributed by atoms with van der Waals surface area (Å²) in [5, 5.41) is 21.5. The molecule has 34 heavy (non-hydrogen) atoms. The van der Waals surface area contributed by atoms with E-state index in [2.05, 4.69) is 55.5 Å². The molecule has 182 valence electrons. The van der Waals surface area contributed by atoms with E-state index in [1.165, 1.54) is 18.0 Å². The maximum Gasteiger partial charge on any atom is 0.356 e. The number of allylic oxidation sites excluding steroid dienone is 1. The van der Waals surface area contributed by atoms with E-state index < -0.39 is 12.3 Å². The number of carbonyl (C=O) groups is 2. The van der Waals surface area contributed by atoms with Gasteiger partial charge in [0.2, 0.25) is 5.88 Å². The second-order valence-electron chi connectivity index (χ2n) is 8.51. The third-order valence-electron chi connectivity index (χ3n) is 5.14. The van der Waals surface area contributed by atoms with E-state index in [1.807, 2.05) is 26.8 Å². The molecule has 10 nitrogen and oxygen atoms in total. The van der Waals surface area contributed by atoms with Crippen LogP contribution in [-0.2, 0) is 6.54 Å². The Morgan fingerprint density at radius 3 is 2.59 bits per heavy atom.